The third-order valence-electron chi connectivity index (χ3n) is 3.27. The molecule has 0 bridgehead atoms. The van der Waals surface area contributed by atoms with Gasteiger partial charge in [0.05, 0.1) is 5.75 Å². The molecule has 1 heterocycles. The Morgan fingerprint density at radius 3 is 2.75 bits per heavy atom. The minimum Gasteiger partial charge on any atom is -0.314 e. The van der Waals surface area contributed by atoms with Gasteiger partial charge in [-0.2, -0.15) is 0 Å². The van der Waals surface area contributed by atoms with Crippen LogP contribution in [0.3, 0.4) is 0 Å². The number of halogens is 1. The zero-order valence-corrected chi connectivity index (χ0v) is 12.1. The van der Waals surface area contributed by atoms with Crippen LogP contribution in [0.2, 0.25) is 0 Å². The maximum absolute atomic E-state index is 13.0. The van der Waals surface area contributed by atoms with Crippen molar-refractivity contribution in [3.8, 4) is 0 Å². The molecule has 20 heavy (non-hydrogen) atoms. The standard InChI is InChI=1S/C13H20FN3O2S/c14-13-3-1-2-12(10-13)11-16-20(18,19)9-8-17-6-4-15-5-7-17/h1-3,10,15-16H,4-9,11H2. The Morgan fingerprint density at radius 1 is 1.30 bits per heavy atom. The van der Waals surface area contributed by atoms with Crippen LogP contribution in [0.4, 0.5) is 4.39 Å². The van der Waals surface area contributed by atoms with E-state index in [9.17, 15) is 12.8 Å². The zero-order valence-electron chi connectivity index (χ0n) is 11.3. The number of hydrogen-bond acceptors (Lipinski definition) is 4. The molecule has 0 aromatic heterocycles. The molecule has 5 nitrogen and oxygen atoms in total. The van der Waals surface area contributed by atoms with Crippen LogP contribution in [-0.2, 0) is 16.6 Å². The van der Waals surface area contributed by atoms with Gasteiger partial charge in [-0.05, 0) is 17.7 Å². The minimum atomic E-state index is -3.33. The molecule has 1 fully saturated rings. The average Bonchev–Trinajstić information content (AvgIpc) is 2.45. The quantitative estimate of drug-likeness (QED) is 0.785. The molecule has 0 unspecified atom stereocenters. The topological polar surface area (TPSA) is 61.4 Å². The van der Waals surface area contributed by atoms with Crippen molar-refractivity contribution in [2.45, 2.75) is 6.54 Å². The van der Waals surface area contributed by atoms with Gasteiger partial charge in [0.25, 0.3) is 0 Å². The van der Waals surface area contributed by atoms with Crippen molar-refractivity contribution in [2.75, 3.05) is 38.5 Å². The normalized spacial score (nSPS) is 17.2. The fraction of sp³-hybridized carbons (Fsp3) is 0.538. The summed E-state index contributed by atoms with van der Waals surface area (Å²) < 4.78 is 39.3. The number of piperazine rings is 1. The Hall–Kier alpha value is -1.02. The Labute approximate surface area is 119 Å². The van der Waals surface area contributed by atoms with Crippen molar-refractivity contribution >= 4 is 10.0 Å². The highest BCUT2D eigenvalue weighted by molar-refractivity contribution is 7.89. The van der Waals surface area contributed by atoms with E-state index >= 15 is 0 Å². The molecule has 7 heteroatoms. The van der Waals surface area contributed by atoms with Crippen molar-refractivity contribution in [1.29, 1.82) is 0 Å². The third-order valence-corrected chi connectivity index (χ3v) is 4.58. The van der Waals surface area contributed by atoms with E-state index in [1.807, 2.05) is 0 Å². The van der Waals surface area contributed by atoms with Crippen molar-refractivity contribution in [3.63, 3.8) is 0 Å². The van der Waals surface area contributed by atoms with Crippen LogP contribution in [0.1, 0.15) is 5.56 Å². The molecule has 0 aliphatic carbocycles. The molecule has 1 aromatic rings. The first-order chi connectivity index (χ1) is 9.55. The second kappa shape index (κ2) is 7.12. The second-order valence-electron chi connectivity index (χ2n) is 4.86. The molecule has 0 amide bonds. The van der Waals surface area contributed by atoms with Crippen LogP contribution in [0.5, 0.6) is 0 Å². The van der Waals surface area contributed by atoms with Crippen molar-refractivity contribution in [1.82, 2.24) is 14.9 Å². The number of nitrogens with one attached hydrogen (secondary N) is 2. The summed E-state index contributed by atoms with van der Waals surface area (Å²) in [4.78, 5) is 2.12. The predicted octanol–water partition coefficient (Wildman–Crippen LogP) is 0.150. The van der Waals surface area contributed by atoms with E-state index in [0.29, 0.717) is 12.1 Å². The third kappa shape index (κ3) is 5.16. The molecule has 2 rings (SSSR count). The summed E-state index contributed by atoms with van der Waals surface area (Å²) in [5.41, 5.74) is 0.621. The summed E-state index contributed by atoms with van der Waals surface area (Å²) in [7, 11) is -3.33. The van der Waals surface area contributed by atoms with Crippen LogP contribution in [0.15, 0.2) is 24.3 Å². The largest absolute Gasteiger partial charge is 0.314 e. The molecule has 1 saturated heterocycles. The average molecular weight is 301 g/mol. The minimum absolute atomic E-state index is 0.0717. The lowest BCUT2D eigenvalue weighted by Crippen LogP contribution is -2.45. The summed E-state index contributed by atoms with van der Waals surface area (Å²) in [5.74, 6) is -0.287. The first kappa shape index (κ1) is 15.4. The highest BCUT2D eigenvalue weighted by Crippen LogP contribution is 2.04. The van der Waals surface area contributed by atoms with Gasteiger partial charge in [0.1, 0.15) is 5.82 Å². The zero-order chi connectivity index (χ0) is 14.4. The molecule has 1 aromatic carbocycles. The highest BCUT2D eigenvalue weighted by atomic mass is 32.2. The Balaban J connectivity index is 1.78. The fourth-order valence-electron chi connectivity index (χ4n) is 2.10. The van der Waals surface area contributed by atoms with Gasteiger partial charge in [0.2, 0.25) is 10.0 Å². The number of hydrogen-bond donors (Lipinski definition) is 2. The van der Waals surface area contributed by atoms with E-state index in [1.54, 1.807) is 12.1 Å². The van der Waals surface area contributed by atoms with Gasteiger partial charge >= 0.3 is 0 Å². The monoisotopic (exact) mass is 301 g/mol. The fourth-order valence-corrected chi connectivity index (χ4v) is 3.13. The maximum atomic E-state index is 13.0. The van der Waals surface area contributed by atoms with E-state index < -0.39 is 10.0 Å². The molecule has 0 saturated carbocycles. The Bertz CT molecular complexity index is 530. The number of rotatable bonds is 6. The molecular formula is C13H20FN3O2S. The molecule has 0 atom stereocenters. The van der Waals surface area contributed by atoms with Crippen LogP contribution in [-0.4, -0.2) is 51.8 Å². The first-order valence-corrected chi connectivity index (χ1v) is 8.35. The smallest absolute Gasteiger partial charge is 0.213 e. The van der Waals surface area contributed by atoms with E-state index in [0.717, 1.165) is 26.2 Å². The lowest BCUT2D eigenvalue weighted by atomic mass is 10.2. The Morgan fingerprint density at radius 2 is 2.05 bits per heavy atom. The summed E-state index contributed by atoms with van der Waals surface area (Å²) in [6.45, 7) is 4.20. The van der Waals surface area contributed by atoms with Crippen LogP contribution < -0.4 is 10.0 Å². The van der Waals surface area contributed by atoms with Crippen LogP contribution in [0.25, 0.3) is 0 Å². The van der Waals surface area contributed by atoms with Crippen molar-refractivity contribution < 1.29 is 12.8 Å². The van der Waals surface area contributed by atoms with Gasteiger partial charge in [0.15, 0.2) is 0 Å². The van der Waals surface area contributed by atoms with Gasteiger partial charge in [0, 0.05) is 39.3 Å². The summed E-state index contributed by atoms with van der Waals surface area (Å²) >= 11 is 0. The number of benzene rings is 1. The van der Waals surface area contributed by atoms with Gasteiger partial charge in [-0.1, -0.05) is 12.1 Å². The van der Waals surface area contributed by atoms with Crippen LogP contribution >= 0.6 is 0 Å². The molecular weight excluding hydrogens is 281 g/mol. The number of nitrogens with zero attached hydrogens (tertiary/aromatic N) is 1. The highest BCUT2D eigenvalue weighted by Gasteiger charge is 2.15. The summed E-state index contributed by atoms with van der Waals surface area (Å²) in [5, 5.41) is 3.22. The van der Waals surface area contributed by atoms with Crippen molar-refractivity contribution in [2.24, 2.45) is 0 Å². The van der Waals surface area contributed by atoms with Gasteiger partial charge in [-0.3, -0.25) is 4.90 Å². The molecule has 1 aliphatic heterocycles. The SMILES string of the molecule is O=S(=O)(CCN1CCNCC1)NCc1cccc(F)c1. The van der Waals surface area contributed by atoms with Crippen molar-refractivity contribution in [3.05, 3.63) is 35.6 Å². The number of sulfonamides is 1. The maximum Gasteiger partial charge on any atom is 0.213 e. The molecule has 2 N–H and O–H groups in total. The molecule has 1 aliphatic rings. The molecule has 0 radical (unpaired) electrons. The second-order valence-corrected chi connectivity index (χ2v) is 6.79. The molecule has 112 valence electrons. The van der Waals surface area contributed by atoms with Gasteiger partial charge < -0.3 is 5.32 Å². The van der Waals surface area contributed by atoms with Crippen LogP contribution in [0, 0.1) is 5.82 Å². The van der Waals surface area contributed by atoms with Gasteiger partial charge in [-0.15, -0.1) is 0 Å². The van der Waals surface area contributed by atoms with E-state index in [4.69, 9.17) is 0 Å². The lowest BCUT2D eigenvalue weighted by Gasteiger charge is -2.26. The summed E-state index contributed by atoms with van der Waals surface area (Å²) in [6, 6.07) is 5.93. The van der Waals surface area contributed by atoms with E-state index in [2.05, 4.69) is 14.9 Å². The first-order valence-electron chi connectivity index (χ1n) is 6.70. The molecule has 0 spiro atoms. The Kier molecular flexibility index (Phi) is 5.47. The lowest BCUT2D eigenvalue weighted by molar-refractivity contribution is 0.253. The van der Waals surface area contributed by atoms with Gasteiger partial charge in [-0.25, -0.2) is 17.5 Å². The predicted molar refractivity (Wildman–Crippen MR) is 76.3 cm³/mol. The van der Waals surface area contributed by atoms with E-state index in [-0.39, 0.29) is 18.1 Å². The summed E-state index contributed by atoms with van der Waals surface area (Å²) in [6.07, 6.45) is 0. The van der Waals surface area contributed by atoms with E-state index in [1.165, 1.54) is 12.1 Å².